The van der Waals surface area contributed by atoms with Gasteiger partial charge in [0.1, 0.15) is 4.88 Å². The van der Waals surface area contributed by atoms with Gasteiger partial charge in [-0.3, -0.25) is 4.79 Å². The molecule has 0 atom stereocenters. The Morgan fingerprint density at radius 2 is 1.96 bits per heavy atom. The predicted molar refractivity (Wildman–Crippen MR) is 91.9 cm³/mol. The molecule has 0 saturated heterocycles. The van der Waals surface area contributed by atoms with Gasteiger partial charge in [-0.1, -0.05) is 32.4 Å². The van der Waals surface area contributed by atoms with E-state index in [0.717, 1.165) is 5.01 Å². The molecule has 0 radical (unpaired) electrons. The maximum absolute atomic E-state index is 12.4. The van der Waals surface area contributed by atoms with E-state index in [9.17, 15) is 9.59 Å². The molecule has 5 nitrogen and oxygen atoms in total. The summed E-state index contributed by atoms with van der Waals surface area (Å²) in [5.41, 5.74) is 0.981. The second-order valence-electron chi connectivity index (χ2n) is 6.14. The fourth-order valence-corrected chi connectivity index (χ4v) is 3.16. The Kier molecular flexibility index (Phi) is 4.77. The normalized spacial score (nSPS) is 11.3. The Morgan fingerprint density at radius 3 is 2.43 bits per heavy atom. The summed E-state index contributed by atoms with van der Waals surface area (Å²) in [4.78, 5) is 28.3. The molecule has 0 saturated carbocycles. The molecule has 0 aliphatic carbocycles. The number of carboxylic acid groups (broad SMARTS) is 1. The third-order valence-electron chi connectivity index (χ3n) is 3.10. The van der Waals surface area contributed by atoms with Crippen molar-refractivity contribution in [1.29, 1.82) is 0 Å². The van der Waals surface area contributed by atoms with E-state index in [4.69, 9.17) is 16.7 Å². The number of aryl methyl sites for hydroxylation is 1. The van der Waals surface area contributed by atoms with Crippen molar-refractivity contribution in [3.05, 3.63) is 44.4 Å². The number of rotatable bonds is 3. The van der Waals surface area contributed by atoms with Crippen LogP contribution in [0.2, 0.25) is 5.02 Å². The van der Waals surface area contributed by atoms with Crippen LogP contribution in [-0.4, -0.2) is 22.0 Å². The SMILES string of the molecule is Cc1nc(C(C)(C)C)sc1C(=O)Nc1ccc(C(=O)O)c(Cl)c1. The van der Waals surface area contributed by atoms with Gasteiger partial charge in [-0.15, -0.1) is 11.3 Å². The number of thiazole rings is 1. The van der Waals surface area contributed by atoms with Crippen LogP contribution in [0, 0.1) is 6.92 Å². The van der Waals surface area contributed by atoms with Crippen molar-refractivity contribution in [2.45, 2.75) is 33.1 Å². The number of carboxylic acids is 1. The molecule has 0 spiro atoms. The van der Waals surface area contributed by atoms with Crippen molar-refractivity contribution < 1.29 is 14.7 Å². The summed E-state index contributed by atoms with van der Waals surface area (Å²) in [6, 6.07) is 4.29. The lowest BCUT2D eigenvalue weighted by molar-refractivity contribution is 0.0697. The van der Waals surface area contributed by atoms with E-state index >= 15 is 0 Å². The van der Waals surface area contributed by atoms with Gasteiger partial charge in [0.25, 0.3) is 5.91 Å². The average molecular weight is 353 g/mol. The highest BCUT2D eigenvalue weighted by molar-refractivity contribution is 7.14. The smallest absolute Gasteiger partial charge is 0.337 e. The molecule has 23 heavy (non-hydrogen) atoms. The fourth-order valence-electron chi connectivity index (χ4n) is 1.88. The number of hydrogen-bond donors (Lipinski definition) is 2. The average Bonchev–Trinajstić information content (AvgIpc) is 2.80. The second kappa shape index (κ2) is 6.29. The molecule has 1 aromatic heterocycles. The summed E-state index contributed by atoms with van der Waals surface area (Å²) in [6.07, 6.45) is 0. The first-order chi connectivity index (χ1) is 10.6. The Hall–Kier alpha value is -1.92. The van der Waals surface area contributed by atoms with E-state index in [1.807, 2.05) is 20.8 Å². The lowest BCUT2D eigenvalue weighted by Gasteiger charge is -2.13. The number of aromatic nitrogens is 1. The maximum atomic E-state index is 12.4. The number of halogens is 1. The zero-order chi connectivity index (χ0) is 17.4. The van der Waals surface area contributed by atoms with Crippen molar-refractivity contribution in [2.75, 3.05) is 5.32 Å². The van der Waals surface area contributed by atoms with Gasteiger partial charge in [0.05, 0.1) is 21.3 Å². The second-order valence-corrected chi connectivity index (χ2v) is 7.54. The summed E-state index contributed by atoms with van der Waals surface area (Å²) < 4.78 is 0. The van der Waals surface area contributed by atoms with Crippen molar-refractivity contribution in [2.24, 2.45) is 0 Å². The van der Waals surface area contributed by atoms with E-state index in [1.54, 1.807) is 6.92 Å². The summed E-state index contributed by atoms with van der Waals surface area (Å²) in [5, 5.41) is 12.6. The monoisotopic (exact) mass is 352 g/mol. The number of amides is 1. The summed E-state index contributed by atoms with van der Waals surface area (Å²) in [7, 11) is 0. The minimum atomic E-state index is -1.11. The molecule has 0 bridgehead atoms. The Morgan fingerprint density at radius 1 is 1.30 bits per heavy atom. The van der Waals surface area contributed by atoms with Crippen LogP contribution >= 0.6 is 22.9 Å². The lowest BCUT2D eigenvalue weighted by atomic mass is 9.98. The van der Waals surface area contributed by atoms with Crippen LogP contribution in [0.1, 0.15) is 51.5 Å². The van der Waals surface area contributed by atoms with Gasteiger partial charge < -0.3 is 10.4 Å². The van der Waals surface area contributed by atoms with Crippen LogP contribution in [0.4, 0.5) is 5.69 Å². The third-order valence-corrected chi connectivity index (χ3v) is 5.00. The molecule has 0 fully saturated rings. The van der Waals surface area contributed by atoms with E-state index in [0.29, 0.717) is 16.3 Å². The van der Waals surface area contributed by atoms with Crippen LogP contribution in [0.15, 0.2) is 18.2 Å². The number of anilines is 1. The quantitative estimate of drug-likeness (QED) is 0.860. The molecule has 0 unspecified atom stereocenters. The lowest BCUT2D eigenvalue weighted by Crippen LogP contribution is -2.12. The Bertz CT molecular complexity index is 778. The van der Waals surface area contributed by atoms with Crippen molar-refractivity contribution in [3.8, 4) is 0 Å². The minimum Gasteiger partial charge on any atom is -0.478 e. The third kappa shape index (κ3) is 3.89. The molecule has 2 aromatic rings. The van der Waals surface area contributed by atoms with E-state index < -0.39 is 5.97 Å². The van der Waals surface area contributed by atoms with Crippen LogP contribution in [0.3, 0.4) is 0 Å². The molecule has 122 valence electrons. The molecule has 0 aliphatic rings. The number of nitrogens with zero attached hydrogens (tertiary/aromatic N) is 1. The minimum absolute atomic E-state index is 0.00587. The van der Waals surface area contributed by atoms with Gasteiger partial charge in [-0.05, 0) is 25.1 Å². The summed E-state index contributed by atoms with van der Waals surface area (Å²) in [6.45, 7) is 7.91. The molecule has 2 rings (SSSR count). The number of aromatic carboxylic acids is 1. The van der Waals surface area contributed by atoms with E-state index in [2.05, 4.69) is 10.3 Å². The van der Waals surface area contributed by atoms with Crippen LogP contribution in [0.5, 0.6) is 0 Å². The van der Waals surface area contributed by atoms with E-state index in [-0.39, 0.29) is 21.9 Å². The molecular weight excluding hydrogens is 336 g/mol. The fraction of sp³-hybridized carbons (Fsp3) is 0.312. The van der Waals surface area contributed by atoms with Crippen molar-refractivity contribution in [3.63, 3.8) is 0 Å². The number of nitrogens with one attached hydrogen (secondary N) is 1. The topological polar surface area (TPSA) is 79.3 Å². The van der Waals surface area contributed by atoms with Gasteiger partial charge in [0.15, 0.2) is 0 Å². The molecule has 1 heterocycles. The maximum Gasteiger partial charge on any atom is 0.337 e. The zero-order valence-electron chi connectivity index (χ0n) is 13.2. The molecule has 1 aromatic carbocycles. The number of carbonyl (C=O) groups is 2. The summed E-state index contributed by atoms with van der Waals surface area (Å²) >= 11 is 7.26. The molecule has 0 aliphatic heterocycles. The number of hydrogen-bond acceptors (Lipinski definition) is 4. The molecule has 1 amide bonds. The van der Waals surface area contributed by atoms with Gasteiger partial charge in [-0.25, -0.2) is 9.78 Å². The molecular formula is C16H17ClN2O3S. The van der Waals surface area contributed by atoms with Gasteiger partial charge >= 0.3 is 5.97 Å². The van der Waals surface area contributed by atoms with Gasteiger partial charge in [-0.2, -0.15) is 0 Å². The largest absolute Gasteiger partial charge is 0.478 e. The van der Waals surface area contributed by atoms with Crippen molar-refractivity contribution >= 4 is 40.5 Å². The highest BCUT2D eigenvalue weighted by Crippen LogP contribution is 2.30. The van der Waals surface area contributed by atoms with Gasteiger partial charge in [0.2, 0.25) is 0 Å². The first-order valence-corrected chi connectivity index (χ1v) is 8.11. The highest BCUT2D eigenvalue weighted by atomic mass is 35.5. The predicted octanol–water partition coefficient (Wildman–Crippen LogP) is 4.35. The first-order valence-electron chi connectivity index (χ1n) is 6.91. The van der Waals surface area contributed by atoms with Gasteiger partial charge in [0, 0.05) is 11.1 Å². The molecule has 2 N–H and O–H groups in total. The Balaban J connectivity index is 2.24. The van der Waals surface area contributed by atoms with Crippen LogP contribution < -0.4 is 5.32 Å². The van der Waals surface area contributed by atoms with E-state index in [1.165, 1.54) is 29.5 Å². The highest BCUT2D eigenvalue weighted by Gasteiger charge is 2.23. The summed E-state index contributed by atoms with van der Waals surface area (Å²) in [5.74, 6) is -1.39. The Labute approximate surface area is 143 Å². The number of benzene rings is 1. The standard InChI is InChI=1S/C16H17ClN2O3S/c1-8-12(23-15(18-8)16(2,3)4)13(20)19-9-5-6-10(14(21)22)11(17)7-9/h5-7H,1-4H3,(H,19,20)(H,21,22). The van der Waals surface area contributed by atoms with Crippen LogP contribution in [0.25, 0.3) is 0 Å². The van der Waals surface area contributed by atoms with Crippen LogP contribution in [-0.2, 0) is 5.41 Å². The number of carbonyl (C=O) groups excluding carboxylic acids is 1. The molecule has 7 heteroatoms. The first kappa shape index (κ1) is 17.4. The zero-order valence-corrected chi connectivity index (χ0v) is 14.8. The van der Waals surface area contributed by atoms with Crippen molar-refractivity contribution in [1.82, 2.24) is 4.98 Å².